The van der Waals surface area contributed by atoms with Crippen LogP contribution in [0.2, 0.25) is 0 Å². The van der Waals surface area contributed by atoms with Crippen LogP contribution in [0.15, 0.2) is 55.1 Å². The van der Waals surface area contributed by atoms with Crippen LogP contribution in [0.1, 0.15) is 36.4 Å². The van der Waals surface area contributed by atoms with E-state index in [0.717, 1.165) is 43.1 Å². The van der Waals surface area contributed by atoms with Crippen molar-refractivity contribution in [2.75, 3.05) is 24.7 Å². The zero-order valence-corrected chi connectivity index (χ0v) is 17.9. The molecule has 168 valence electrons. The minimum atomic E-state index is -0.436. The third kappa shape index (κ3) is 3.58. The Hall–Kier alpha value is -3.59. The van der Waals surface area contributed by atoms with Crippen molar-refractivity contribution in [3.8, 4) is 5.69 Å². The van der Waals surface area contributed by atoms with Gasteiger partial charge < -0.3 is 9.64 Å². The largest absolute Gasteiger partial charge is 0.377 e. The molecule has 0 spiro atoms. The highest BCUT2D eigenvalue weighted by atomic mass is 19.1. The number of anilines is 1. The second-order valence-electron chi connectivity index (χ2n) is 8.33. The minimum Gasteiger partial charge on any atom is -0.377 e. The van der Waals surface area contributed by atoms with Gasteiger partial charge in [0.1, 0.15) is 23.1 Å². The number of benzene rings is 1. The molecule has 9 heteroatoms. The van der Waals surface area contributed by atoms with Gasteiger partial charge in [0.2, 0.25) is 0 Å². The lowest BCUT2D eigenvalue weighted by Gasteiger charge is -2.26. The minimum absolute atomic E-state index is 0.265. The number of nitrogens with zero attached hydrogens (tertiary/aromatic N) is 6. The third-order valence-electron chi connectivity index (χ3n) is 6.36. The number of rotatable bonds is 4. The Balaban J connectivity index is 1.36. The lowest BCUT2D eigenvalue weighted by molar-refractivity contribution is 0.161. The second kappa shape index (κ2) is 8.08. The molecule has 0 bridgehead atoms. The summed E-state index contributed by atoms with van der Waals surface area (Å²) in [6.45, 7) is 2.04. The predicted octanol–water partition coefficient (Wildman–Crippen LogP) is 4.34. The molecule has 0 amide bonds. The van der Waals surface area contributed by atoms with Gasteiger partial charge >= 0.3 is 0 Å². The zero-order valence-electron chi connectivity index (χ0n) is 17.9. The molecule has 1 unspecified atom stereocenters. The molecule has 0 saturated carbocycles. The van der Waals surface area contributed by atoms with Gasteiger partial charge in [-0.2, -0.15) is 10.2 Å². The number of fused-ring (bicyclic) bond motifs is 1. The molecular formula is C24H22F2N6O. The first kappa shape index (κ1) is 20.0. The van der Waals surface area contributed by atoms with E-state index in [1.54, 1.807) is 15.4 Å². The van der Waals surface area contributed by atoms with E-state index in [2.05, 4.69) is 16.3 Å². The summed E-state index contributed by atoms with van der Waals surface area (Å²) in [4.78, 5) is 6.90. The van der Waals surface area contributed by atoms with Crippen molar-refractivity contribution in [3.05, 3.63) is 77.9 Å². The van der Waals surface area contributed by atoms with Gasteiger partial charge in [0.15, 0.2) is 5.65 Å². The summed E-state index contributed by atoms with van der Waals surface area (Å²) < 4.78 is 37.2. The fourth-order valence-corrected chi connectivity index (χ4v) is 4.71. The van der Waals surface area contributed by atoms with Crippen molar-refractivity contribution < 1.29 is 13.5 Å². The van der Waals surface area contributed by atoms with Crippen LogP contribution in [-0.2, 0) is 4.74 Å². The third-order valence-corrected chi connectivity index (χ3v) is 6.36. The SMILES string of the molecule is Fc1ccc(F)c(C2CCCN2c2ccn3ncc(-n4cc(C5=CCOCC5)cn4)c3n2)c1. The van der Waals surface area contributed by atoms with Gasteiger partial charge in [-0.05, 0) is 49.1 Å². The Kier molecular flexibility index (Phi) is 4.91. The summed E-state index contributed by atoms with van der Waals surface area (Å²) in [5.74, 6) is -0.130. The number of halogens is 2. The summed E-state index contributed by atoms with van der Waals surface area (Å²) in [5, 5.41) is 8.95. The van der Waals surface area contributed by atoms with E-state index in [0.29, 0.717) is 30.2 Å². The van der Waals surface area contributed by atoms with E-state index in [9.17, 15) is 8.78 Å². The molecular weight excluding hydrogens is 426 g/mol. The van der Waals surface area contributed by atoms with Crippen LogP contribution in [0.3, 0.4) is 0 Å². The molecule has 0 radical (unpaired) electrons. The molecule has 0 N–H and O–H groups in total. The van der Waals surface area contributed by atoms with Gasteiger partial charge in [-0.3, -0.25) is 0 Å². The van der Waals surface area contributed by atoms with Gasteiger partial charge in [-0.15, -0.1) is 0 Å². The van der Waals surface area contributed by atoms with Crippen molar-refractivity contribution in [1.29, 1.82) is 0 Å². The normalized spacial score (nSPS) is 18.8. The average molecular weight is 448 g/mol. The summed E-state index contributed by atoms with van der Waals surface area (Å²) in [6.07, 6.45) is 11.9. The smallest absolute Gasteiger partial charge is 0.183 e. The lowest BCUT2D eigenvalue weighted by atomic mass is 10.0. The highest BCUT2D eigenvalue weighted by Crippen LogP contribution is 2.37. The van der Waals surface area contributed by atoms with Crippen LogP contribution in [0.4, 0.5) is 14.6 Å². The Morgan fingerprint density at radius 2 is 2.03 bits per heavy atom. The predicted molar refractivity (Wildman–Crippen MR) is 119 cm³/mol. The van der Waals surface area contributed by atoms with Crippen LogP contribution in [0.5, 0.6) is 0 Å². The van der Waals surface area contributed by atoms with Crippen molar-refractivity contribution in [2.24, 2.45) is 0 Å². The molecule has 2 aliphatic rings. The van der Waals surface area contributed by atoms with Gasteiger partial charge in [-0.25, -0.2) is 23.0 Å². The lowest BCUT2D eigenvalue weighted by Crippen LogP contribution is -2.24. The number of ether oxygens (including phenoxy) is 1. The summed E-state index contributed by atoms with van der Waals surface area (Å²) in [5.41, 5.74) is 4.03. The molecule has 1 aromatic carbocycles. The van der Waals surface area contributed by atoms with Gasteiger partial charge in [0.25, 0.3) is 0 Å². The van der Waals surface area contributed by atoms with Crippen molar-refractivity contribution in [3.63, 3.8) is 0 Å². The molecule has 0 aliphatic carbocycles. The number of hydrogen-bond donors (Lipinski definition) is 0. The van der Waals surface area contributed by atoms with Gasteiger partial charge in [-0.1, -0.05) is 6.08 Å². The topological polar surface area (TPSA) is 60.5 Å². The molecule has 1 fully saturated rings. The molecule has 3 aromatic heterocycles. The van der Waals surface area contributed by atoms with Crippen LogP contribution in [-0.4, -0.2) is 44.1 Å². The highest BCUT2D eigenvalue weighted by molar-refractivity contribution is 5.67. The first-order valence-corrected chi connectivity index (χ1v) is 11.1. The van der Waals surface area contributed by atoms with Crippen LogP contribution in [0.25, 0.3) is 16.9 Å². The van der Waals surface area contributed by atoms with E-state index in [1.165, 1.54) is 17.7 Å². The van der Waals surface area contributed by atoms with Crippen LogP contribution in [0, 0.1) is 11.6 Å². The van der Waals surface area contributed by atoms with E-state index in [1.807, 2.05) is 29.6 Å². The molecule has 6 rings (SSSR count). The fourth-order valence-electron chi connectivity index (χ4n) is 4.71. The van der Waals surface area contributed by atoms with E-state index in [-0.39, 0.29) is 6.04 Å². The summed E-state index contributed by atoms with van der Waals surface area (Å²) in [7, 11) is 0. The van der Waals surface area contributed by atoms with Gasteiger partial charge in [0, 0.05) is 30.1 Å². The molecule has 4 aromatic rings. The van der Waals surface area contributed by atoms with Gasteiger partial charge in [0.05, 0.1) is 31.6 Å². The fraction of sp³-hybridized carbons (Fsp3) is 0.292. The maximum Gasteiger partial charge on any atom is 0.183 e. The molecule has 7 nitrogen and oxygen atoms in total. The molecule has 1 saturated heterocycles. The number of aromatic nitrogens is 5. The average Bonchev–Trinajstić information content (AvgIpc) is 3.60. The molecule has 5 heterocycles. The second-order valence-corrected chi connectivity index (χ2v) is 8.33. The van der Waals surface area contributed by atoms with Crippen LogP contribution < -0.4 is 4.90 Å². The molecule has 1 atom stereocenters. The maximum atomic E-state index is 14.5. The Morgan fingerprint density at radius 3 is 2.91 bits per heavy atom. The maximum absolute atomic E-state index is 14.5. The molecule has 2 aliphatic heterocycles. The molecule has 33 heavy (non-hydrogen) atoms. The Labute approximate surface area is 188 Å². The van der Waals surface area contributed by atoms with Crippen LogP contribution >= 0.6 is 0 Å². The first-order chi connectivity index (χ1) is 16.2. The Bertz CT molecular complexity index is 1360. The monoisotopic (exact) mass is 448 g/mol. The van der Waals surface area contributed by atoms with Crippen molar-refractivity contribution >= 4 is 17.0 Å². The standard InChI is InChI=1S/C24H22F2N6O/c25-18-3-4-20(26)19(12-18)21-2-1-8-30(21)23-5-9-31-24(29-23)22(14-28-31)32-15-17(13-27-32)16-6-10-33-11-7-16/h3-6,9,12-15,21H,1-2,7-8,10-11H2. The van der Waals surface area contributed by atoms with E-state index in [4.69, 9.17) is 9.72 Å². The van der Waals surface area contributed by atoms with E-state index >= 15 is 0 Å². The van der Waals surface area contributed by atoms with Crippen molar-refractivity contribution in [1.82, 2.24) is 24.4 Å². The quantitative estimate of drug-likeness (QED) is 0.465. The highest BCUT2D eigenvalue weighted by Gasteiger charge is 2.30. The zero-order chi connectivity index (χ0) is 22.4. The Morgan fingerprint density at radius 1 is 1.09 bits per heavy atom. The van der Waals surface area contributed by atoms with E-state index < -0.39 is 11.6 Å². The number of hydrogen-bond acceptors (Lipinski definition) is 5. The summed E-state index contributed by atoms with van der Waals surface area (Å²) in [6, 6.07) is 5.22. The first-order valence-electron chi connectivity index (χ1n) is 11.1. The van der Waals surface area contributed by atoms with Crippen molar-refractivity contribution in [2.45, 2.75) is 25.3 Å². The summed E-state index contributed by atoms with van der Waals surface area (Å²) >= 11 is 0.